The molecule has 0 aliphatic heterocycles. The first kappa shape index (κ1) is 19.7. The van der Waals surface area contributed by atoms with Crippen LogP contribution in [0.1, 0.15) is 26.3 Å². The monoisotopic (exact) mass is 358 g/mol. The fourth-order valence-corrected chi connectivity index (χ4v) is 2.44. The first-order valence-corrected chi connectivity index (χ1v) is 8.44. The van der Waals surface area contributed by atoms with Gasteiger partial charge in [-0.15, -0.1) is 0 Å². The highest BCUT2D eigenvalue weighted by molar-refractivity contribution is 5.94. The van der Waals surface area contributed by atoms with Gasteiger partial charge in [0.2, 0.25) is 5.91 Å². The second-order valence-electron chi connectivity index (χ2n) is 6.95. The molecule has 0 radical (unpaired) electrons. The lowest BCUT2D eigenvalue weighted by Crippen LogP contribution is -2.28. The summed E-state index contributed by atoms with van der Waals surface area (Å²) in [6.07, 6.45) is 0.467. The molecular weight excluding hydrogens is 332 g/mol. The van der Waals surface area contributed by atoms with Gasteiger partial charge in [0.25, 0.3) is 0 Å². The molecule has 0 aliphatic rings. The average Bonchev–Trinajstić information content (AvgIpc) is 2.61. The summed E-state index contributed by atoms with van der Waals surface area (Å²) in [6.45, 7) is 5.56. The van der Waals surface area contributed by atoms with Gasteiger partial charge < -0.3 is 19.9 Å². The number of anilines is 1. The van der Waals surface area contributed by atoms with E-state index in [1.54, 1.807) is 20.3 Å². The van der Waals surface area contributed by atoms with Crippen LogP contribution < -0.4 is 14.8 Å². The number of carbonyl (C=O) groups excluding carboxylic acids is 1. The molecule has 0 spiro atoms. The highest BCUT2D eigenvalue weighted by atomic mass is 16.5. The minimum absolute atomic E-state index is 0.0193. The number of aliphatic hydroxyl groups excluding tert-OH is 1. The normalized spacial score (nSPS) is 11.2. The van der Waals surface area contributed by atoms with Crippen molar-refractivity contribution in [3.8, 4) is 22.8 Å². The number of aromatic nitrogens is 1. The van der Waals surface area contributed by atoms with Crippen molar-refractivity contribution in [2.45, 2.75) is 27.2 Å². The van der Waals surface area contributed by atoms with Gasteiger partial charge in [-0.1, -0.05) is 26.8 Å². The largest absolute Gasteiger partial charge is 0.496 e. The van der Waals surface area contributed by atoms with Crippen molar-refractivity contribution in [1.82, 2.24) is 4.98 Å². The van der Waals surface area contributed by atoms with Gasteiger partial charge in [0.05, 0.1) is 19.9 Å². The van der Waals surface area contributed by atoms with E-state index in [4.69, 9.17) is 9.47 Å². The maximum absolute atomic E-state index is 12.2. The Hall–Kier alpha value is -2.60. The minimum Gasteiger partial charge on any atom is -0.496 e. The third kappa shape index (κ3) is 4.52. The molecular formula is C20H26N2O4. The molecule has 140 valence electrons. The van der Waals surface area contributed by atoms with Crippen LogP contribution in [0, 0.1) is 5.41 Å². The van der Waals surface area contributed by atoms with Crippen LogP contribution in [-0.4, -0.2) is 36.8 Å². The van der Waals surface area contributed by atoms with Crippen molar-refractivity contribution in [2.24, 2.45) is 5.41 Å². The van der Waals surface area contributed by atoms with E-state index in [1.807, 2.05) is 45.0 Å². The number of nitrogens with one attached hydrogen (secondary N) is 1. The molecule has 0 saturated carbocycles. The van der Waals surface area contributed by atoms with Crippen LogP contribution in [0.15, 0.2) is 30.3 Å². The predicted octanol–water partition coefficient (Wildman–Crippen LogP) is 3.29. The van der Waals surface area contributed by atoms with Crippen molar-refractivity contribution >= 4 is 11.7 Å². The average molecular weight is 358 g/mol. The van der Waals surface area contributed by atoms with Crippen molar-refractivity contribution in [3.05, 3.63) is 35.9 Å². The molecule has 0 fully saturated rings. The number of nitrogens with zero attached hydrogens (tertiary/aromatic N) is 1. The number of hydrogen-bond donors (Lipinski definition) is 2. The van der Waals surface area contributed by atoms with Crippen molar-refractivity contribution in [2.75, 3.05) is 26.1 Å². The summed E-state index contributed by atoms with van der Waals surface area (Å²) in [5.41, 5.74) is 1.75. The second kappa shape index (κ2) is 8.19. The molecule has 2 aromatic rings. The van der Waals surface area contributed by atoms with Crippen molar-refractivity contribution < 1.29 is 19.4 Å². The molecule has 26 heavy (non-hydrogen) atoms. The van der Waals surface area contributed by atoms with Crippen LogP contribution in [0.4, 0.5) is 5.82 Å². The summed E-state index contributed by atoms with van der Waals surface area (Å²) in [6, 6.07) is 9.09. The maximum Gasteiger partial charge on any atom is 0.230 e. The third-order valence-electron chi connectivity index (χ3n) is 3.93. The molecule has 2 N–H and O–H groups in total. The predicted molar refractivity (Wildman–Crippen MR) is 102 cm³/mol. The maximum atomic E-state index is 12.2. The van der Waals surface area contributed by atoms with Gasteiger partial charge in [0.1, 0.15) is 17.3 Å². The van der Waals surface area contributed by atoms with Crippen molar-refractivity contribution in [3.63, 3.8) is 0 Å². The van der Waals surface area contributed by atoms with Gasteiger partial charge in [0.15, 0.2) is 0 Å². The molecule has 0 aliphatic carbocycles. The zero-order valence-electron chi connectivity index (χ0n) is 15.9. The number of benzene rings is 1. The summed E-state index contributed by atoms with van der Waals surface area (Å²) in [4.78, 5) is 16.7. The van der Waals surface area contributed by atoms with E-state index in [9.17, 15) is 9.90 Å². The molecule has 0 unspecified atom stereocenters. The molecule has 0 atom stereocenters. The van der Waals surface area contributed by atoms with E-state index in [1.165, 1.54) is 0 Å². The van der Waals surface area contributed by atoms with Gasteiger partial charge in [-0.2, -0.15) is 0 Å². The van der Waals surface area contributed by atoms with Gasteiger partial charge in [-0.25, -0.2) is 4.98 Å². The lowest BCUT2D eigenvalue weighted by molar-refractivity contribution is -0.123. The Morgan fingerprint density at radius 1 is 1.15 bits per heavy atom. The second-order valence-corrected chi connectivity index (χ2v) is 6.95. The number of hydrogen-bond acceptors (Lipinski definition) is 5. The molecule has 6 nitrogen and oxygen atoms in total. The van der Waals surface area contributed by atoms with Gasteiger partial charge in [-0.05, 0) is 30.7 Å². The van der Waals surface area contributed by atoms with Crippen LogP contribution >= 0.6 is 0 Å². The van der Waals surface area contributed by atoms with E-state index in [0.29, 0.717) is 29.4 Å². The number of aliphatic hydroxyl groups is 1. The summed E-state index contributed by atoms with van der Waals surface area (Å²) in [5.74, 6) is 1.65. The molecule has 0 saturated heterocycles. The Kier molecular flexibility index (Phi) is 6.21. The van der Waals surface area contributed by atoms with E-state index >= 15 is 0 Å². The van der Waals surface area contributed by atoms with Crippen LogP contribution in [0.5, 0.6) is 11.5 Å². The third-order valence-corrected chi connectivity index (χ3v) is 3.93. The fourth-order valence-electron chi connectivity index (χ4n) is 2.44. The van der Waals surface area contributed by atoms with Crippen LogP contribution in [0.25, 0.3) is 11.3 Å². The van der Waals surface area contributed by atoms with Crippen molar-refractivity contribution in [1.29, 1.82) is 0 Å². The first-order chi connectivity index (χ1) is 12.3. The molecule has 1 heterocycles. The molecule has 0 bridgehead atoms. The van der Waals surface area contributed by atoms with E-state index in [2.05, 4.69) is 10.3 Å². The number of carbonyl (C=O) groups is 1. The first-order valence-electron chi connectivity index (χ1n) is 8.44. The van der Waals surface area contributed by atoms with Crippen LogP contribution in [0.2, 0.25) is 0 Å². The molecule has 1 aromatic heterocycles. The van der Waals surface area contributed by atoms with Gasteiger partial charge in [0, 0.05) is 23.1 Å². The zero-order chi connectivity index (χ0) is 19.3. The van der Waals surface area contributed by atoms with E-state index in [0.717, 1.165) is 11.1 Å². The number of rotatable bonds is 6. The van der Waals surface area contributed by atoms with E-state index in [-0.39, 0.29) is 12.5 Å². The number of amides is 1. The summed E-state index contributed by atoms with van der Waals surface area (Å²) in [7, 11) is 3.17. The Labute approximate surface area is 154 Å². The molecule has 1 aromatic carbocycles. The molecule has 2 rings (SSSR count). The summed E-state index contributed by atoms with van der Waals surface area (Å²) in [5, 5.41) is 12.1. The zero-order valence-corrected chi connectivity index (χ0v) is 15.9. The summed E-state index contributed by atoms with van der Waals surface area (Å²) < 4.78 is 10.9. The Balaban J connectivity index is 2.44. The highest BCUT2D eigenvalue weighted by Gasteiger charge is 2.22. The van der Waals surface area contributed by atoms with Crippen LogP contribution in [-0.2, 0) is 11.2 Å². The molecule has 6 heteroatoms. The summed E-state index contributed by atoms with van der Waals surface area (Å²) >= 11 is 0. The number of methoxy groups -OCH3 is 2. The fraction of sp³-hybridized carbons (Fsp3) is 0.400. The highest BCUT2D eigenvalue weighted by Crippen LogP contribution is 2.36. The number of pyridine rings is 1. The lowest BCUT2D eigenvalue weighted by Gasteiger charge is -2.18. The van der Waals surface area contributed by atoms with Crippen LogP contribution in [0.3, 0.4) is 0 Å². The van der Waals surface area contributed by atoms with Gasteiger partial charge in [-0.3, -0.25) is 4.79 Å². The Morgan fingerprint density at radius 3 is 2.42 bits per heavy atom. The van der Waals surface area contributed by atoms with E-state index < -0.39 is 5.41 Å². The quantitative estimate of drug-likeness (QED) is 0.828. The Bertz CT molecular complexity index is 782. The smallest absolute Gasteiger partial charge is 0.230 e. The molecule has 1 amide bonds. The topological polar surface area (TPSA) is 80.7 Å². The Morgan fingerprint density at radius 2 is 1.85 bits per heavy atom. The van der Waals surface area contributed by atoms with Gasteiger partial charge >= 0.3 is 0 Å². The SMILES string of the molecule is COc1cc(-c2cccc(NC(=O)C(C)(C)C)n2)c(OC)cc1CCO. The lowest BCUT2D eigenvalue weighted by atomic mass is 9.96. The number of ether oxygens (including phenoxy) is 2. The standard InChI is InChI=1S/C20H26N2O4/c1-20(2,3)19(24)22-18-8-6-7-15(21-18)14-12-16(25-4)13(9-10-23)11-17(14)26-5/h6-8,11-12,23H,9-10H2,1-5H3,(H,21,22,24). The minimum atomic E-state index is -0.509.